The molecular formula is C29H32BrN3O. The van der Waals surface area contributed by atoms with Crippen molar-refractivity contribution in [3.05, 3.63) is 81.3 Å². The predicted molar refractivity (Wildman–Crippen MR) is 144 cm³/mol. The van der Waals surface area contributed by atoms with Crippen LogP contribution in [0.2, 0.25) is 0 Å². The Morgan fingerprint density at radius 1 is 0.941 bits per heavy atom. The van der Waals surface area contributed by atoms with Gasteiger partial charge in [0.1, 0.15) is 18.2 Å². The largest absolute Gasteiger partial charge is 0.492 e. The summed E-state index contributed by atoms with van der Waals surface area (Å²) in [6.07, 6.45) is 4.75. The molecule has 0 amide bonds. The first-order chi connectivity index (χ1) is 16.6. The van der Waals surface area contributed by atoms with E-state index in [1.807, 2.05) is 0 Å². The van der Waals surface area contributed by atoms with Crippen LogP contribution in [-0.2, 0) is 6.42 Å². The number of hydrogen-bond acceptors (Lipinski definition) is 3. The Morgan fingerprint density at radius 3 is 2.56 bits per heavy atom. The number of benzene rings is 3. The minimum Gasteiger partial charge on any atom is -0.492 e. The van der Waals surface area contributed by atoms with Gasteiger partial charge in [0, 0.05) is 29.1 Å². The van der Waals surface area contributed by atoms with Gasteiger partial charge in [-0.2, -0.15) is 0 Å². The van der Waals surface area contributed by atoms with Gasteiger partial charge in [0.15, 0.2) is 0 Å². The molecule has 1 N–H and O–H groups in total. The first-order valence-corrected chi connectivity index (χ1v) is 13.0. The molecule has 34 heavy (non-hydrogen) atoms. The number of piperidine rings is 1. The molecule has 1 aliphatic heterocycles. The molecule has 5 heteroatoms. The van der Waals surface area contributed by atoms with Crippen molar-refractivity contribution in [2.45, 2.75) is 39.5 Å². The van der Waals surface area contributed by atoms with E-state index in [0.717, 1.165) is 45.6 Å². The Kier molecular flexibility index (Phi) is 7.02. The molecule has 0 bridgehead atoms. The predicted octanol–water partition coefficient (Wildman–Crippen LogP) is 7.06. The Bertz CT molecular complexity index is 1290. The van der Waals surface area contributed by atoms with Crippen LogP contribution in [0.4, 0.5) is 0 Å². The van der Waals surface area contributed by atoms with Gasteiger partial charge in [-0.05, 0) is 80.2 Å². The number of H-pyrrole nitrogens is 1. The van der Waals surface area contributed by atoms with Crippen molar-refractivity contribution in [1.82, 2.24) is 14.9 Å². The van der Waals surface area contributed by atoms with Crippen molar-refractivity contribution in [1.29, 1.82) is 0 Å². The highest BCUT2D eigenvalue weighted by Gasteiger charge is 2.15. The fourth-order valence-electron chi connectivity index (χ4n) is 4.73. The van der Waals surface area contributed by atoms with E-state index in [9.17, 15) is 0 Å². The van der Waals surface area contributed by atoms with Gasteiger partial charge in [-0.3, -0.25) is 4.90 Å². The van der Waals surface area contributed by atoms with Crippen LogP contribution in [0.3, 0.4) is 0 Å². The van der Waals surface area contributed by atoms with Gasteiger partial charge < -0.3 is 9.72 Å². The van der Waals surface area contributed by atoms with Crippen LogP contribution in [0.1, 0.15) is 41.5 Å². The minimum absolute atomic E-state index is 0.706. The Hall–Kier alpha value is -2.63. The summed E-state index contributed by atoms with van der Waals surface area (Å²) in [5.41, 5.74) is 8.11. The van der Waals surface area contributed by atoms with Crippen molar-refractivity contribution in [2.24, 2.45) is 0 Å². The summed E-state index contributed by atoms with van der Waals surface area (Å²) < 4.78 is 7.39. The summed E-state index contributed by atoms with van der Waals surface area (Å²) in [7, 11) is 0. The van der Waals surface area contributed by atoms with Crippen LogP contribution in [0.25, 0.3) is 22.4 Å². The number of nitrogens with zero attached hydrogens (tertiary/aromatic N) is 2. The van der Waals surface area contributed by atoms with Crippen molar-refractivity contribution in [3.63, 3.8) is 0 Å². The number of aryl methyl sites for hydroxylation is 2. The highest BCUT2D eigenvalue weighted by atomic mass is 79.9. The van der Waals surface area contributed by atoms with Crippen LogP contribution >= 0.6 is 15.9 Å². The number of halogens is 1. The van der Waals surface area contributed by atoms with Crippen LogP contribution in [0.15, 0.2) is 59.1 Å². The molecule has 1 aliphatic rings. The fraction of sp³-hybridized carbons (Fsp3) is 0.345. The summed E-state index contributed by atoms with van der Waals surface area (Å²) in [6, 6.07) is 19.2. The van der Waals surface area contributed by atoms with E-state index in [1.54, 1.807) is 0 Å². The molecule has 0 aliphatic carbocycles. The molecule has 2 heterocycles. The highest BCUT2D eigenvalue weighted by molar-refractivity contribution is 9.10. The first-order valence-electron chi connectivity index (χ1n) is 12.3. The molecule has 0 radical (unpaired) electrons. The molecule has 3 aromatic carbocycles. The van der Waals surface area contributed by atoms with Crippen molar-refractivity contribution < 1.29 is 4.74 Å². The molecule has 1 saturated heterocycles. The van der Waals surface area contributed by atoms with Crippen LogP contribution in [0, 0.1) is 13.8 Å². The maximum Gasteiger partial charge on any atom is 0.138 e. The lowest BCUT2D eigenvalue weighted by Gasteiger charge is -2.26. The Labute approximate surface area is 210 Å². The maximum atomic E-state index is 6.27. The van der Waals surface area contributed by atoms with Gasteiger partial charge >= 0.3 is 0 Å². The summed E-state index contributed by atoms with van der Waals surface area (Å²) in [5, 5.41) is 0. The molecule has 4 aromatic rings. The van der Waals surface area contributed by atoms with Gasteiger partial charge in [-0.1, -0.05) is 52.7 Å². The van der Waals surface area contributed by atoms with E-state index in [4.69, 9.17) is 9.72 Å². The molecule has 176 valence electrons. The van der Waals surface area contributed by atoms with Crippen molar-refractivity contribution >= 4 is 27.0 Å². The smallest absolute Gasteiger partial charge is 0.138 e. The third-order valence-corrected chi connectivity index (χ3v) is 7.66. The number of aromatic nitrogens is 2. The van der Waals surface area contributed by atoms with E-state index in [2.05, 4.69) is 94.3 Å². The van der Waals surface area contributed by atoms with Gasteiger partial charge in [0.25, 0.3) is 0 Å². The molecule has 4 nitrogen and oxygen atoms in total. The third kappa shape index (κ3) is 5.21. The minimum atomic E-state index is 0.706. The second kappa shape index (κ2) is 10.3. The number of hydrogen-bond donors (Lipinski definition) is 1. The second-order valence-corrected chi connectivity index (χ2v) is 10.2. The fourth-order valence-corrected chi connectivity index (χ4v) is 5.15. The average molecular weight is 518 g/mol. The summed E-state index contributed by atoms with van der Waals surface area (Å²) in [4.78, 5) is 11.1. The molecule has 1 fully saturated rings. The first kappa shape index (κ1) is 23.1. The quantitative estimate of drug-likeness (QED) is 0.285. The van der Waals surface area contributed by atoms with Crippen LogP contribution in [0.5, 0.6) is 5.75 Å². The Morgan fingerprint density at radius 2 is 1.76 bits per heavy atom. The van der Waals surface area contributed by atoms with Gasteiger partial charge in [-0.25, -0.2) is 4.98 Å². The van der Waals surface area contributed by atoms with Gasteiger partial charge in [-0.15, -0.1) is 0 Å². The van der Waals surface area contributed by atoms with E-state index in [0.29, 0.717) is 6.61 Å². The second-order valence-electron chi connectivity index (χ2n) is 9.38. The van der Waals surface area contributed by atoms with Crippen molar-refractivity contribution in [3.8, 4) is 17.1 Å². The van der Waals surface area contributed by atoms with Gasteiger partial charge in [0.2, 0.25) is 0 Å². The number of imidazole rings is 1. The molecule has 1 aromatic heterocycles. The zero-order chi connectivity index (χ0) is 23.5. The van der Waals surface area contributed by atoms with Crippen LogP contribution < -0.4 is 4.74 Å². The van der Waals surface area contributed by atoms with Gasteiger partial charge in [0.05, 0.1) is 11.0 Å². The number of ether oxygens (including phenoxy) is 1. The zero-order valence-corrected chi connectivity index (χ0v) is 21.6. The summed E-state index contributed by atoms with van der Waals surface area (Å²) in [6.45, 7) is 8.35. The lowest BCUT2D eigenvalue weighted by molar-refractivity contribution is 0.183. The summed E-state index contributed by atoms with van der Waals surface area (Å²) >= 11 is 3.71. The highest BCUT2D eigenvalue weighted by Crippen LogP contribution is 2.31. The number of rotatable bonds is 7. The van der Waals surface area contributed by atoms with E-state index in [1.165, 1.54) is 54.6 Å². The molecular weight excluding hydrogens is 486 g/mol. The maximum absolute atomic E-state index is 6.27. The summed E-state index contributed by atoms with van der Waals surface area (Å²) in [5.74, 6) is 1.80. The van der Waals surface area contributed by atoms with Crippen LogP contribution in [-0.4, -0.2) is 41.1 Å². The molecule has 0 atom stereocenters. The number of fused-ring (bicyclic) bond motifs is 1. The SMILES string of the molecule is Cc1ccc(-c2nc3c(Cc4ccccc4Br)cc(OCCN4CCCCC4)cc3[nH]2)cc1C. The topological polar surface area (TPSA) is 41.1 Å². The molecule has 5 rings (SSSR count). The Balaban J connectivity index is 1.47. The van der Waals surface area contributed by atoms with E-state index < -0.39 is 0 Å². The lowest BCUT2D eigenvalue weighted by atomic mass is 10.0. The average Bonchev–Trinajstić information content (AvgIpc) is 3.27. The third-order valence-electron chi connectivity index (χ3n) is 6.88. The normalized spacial score (nSPS) is 14.6. The lowest BCUT2D eigenvalue weighted by Crippen LogP contribution is -2.33. The number of likely N-dealkylation sites (tertiary alicyclic amines) is 1. The van der Waals surface area contributed by atoms with E-state index >= 15 is 0 Å². The molecule has 0 spiro atoms. The molecule has 0 unspecified atom stereocenters. The molecule has 0 saturated carbocycles. The standard InChI is InChI=1S/C29H32BrN3O/c1-20-10-11-23(16-21(20)2)29-31-27-19-25(34-15-14-33-12-6-3-7-13-33)18-24(28(27)32-29)17-22-8-4-5-9-26(22)30/h4-5,8-11,16,18-19H,3,6-7,12-15,17H2,1-2H3,(H,31,32). The van der Waals surface area contributed by atoms with Crippen molar-refractivity contribution in [2.75, 3.05) is 26.2 Å². The zero-order valence-electron chi connectivity index (χ0n) is 20.0. The number of aromatic amines is 1. The number of nitrogens with one attached hydrogen (secondary N) is 1. The monoisotopic (exact) mass is 517 g/mol. The van der Waals surface area contributed by atoms with E-state index in [-0.39, 0.29) is 0 Å².